The van der Waals surface area contributed by atoms with Gasteiger partial charge in [0.25, 0.3) is 0 Å². The summed E-state index contributed by atoms with van der Waals surface area (Å²) >= 11 is 0. The molecule has 6 heteroatoms. The molecule has 28 heavy (non-hydrogen) atoms. The molecular formula is C22H32N2O4. The van der Waals surface area contributed by atoms with E-state index in [1.54, 1.807) is 12.0 Å². The van der Waals surface area contributed by atoms with Crippen molar-refractivity contribution in [3.8, 4) is 5.75 Å². The summed E-state index contributed by atoms with van der Waals surface area (Å²) in [6, 6.07) is 9.12. The van der Waals surface area contributed by atoms with Crippen molar-refractivity contribution in [1.82, 2.24) is 10.2 Å². The molecule has 0 unspecified atom stereocenters. The topological polar surface area (TPSA) is 67.9 Å². The van der Waals surface area contributed by atoms with E-state index >= 15 is 0 Å². The first kappa shape index (κ1) is 20.6. The van der Waals surface area contributed by atoms with Crippen molar-refractivity contribution >= 4 is 11.8 Å². The number of methoxy groups -OCH3 is 1. The maximum absolute atomic E-state index is 13.0. The third kappa shape index (κ3) is 5.71. The van der Waals surface area contributed by atoms with Crippen molar-refractivity contribution in [2.75, 3.05) is 26.8 Å². The van der Waals surface area contributed by atoms with Crippen LogP contribution in [0.5, 0.6) is 5.75 Å². The molecule has 3 rings (SSSR count). The number of hydrogen-bond donors (Lipinski definition) is 1. The van der Waals surface area contributed by atoms with Gasteiger partial charge >= 0.3 is 0 Å². The van der Waals surface area contributed by atoms with E-state index in [-0.39, 0.29) is 17.9 Å². The second kappa shape index (κ2) is 10.5. The van der Waals surface area contributed by atoms with Crippen molar-refractivity contribution in [1.29, 1.82) is 0 Å². The maximum atomic E-state index is 13.0. The van der Waals surface area contributed by atoms with E-state index < -0.39 is 6.04 Å². The molecule has 2 amide bonds. The first-order valence-corrected chi connectivity index (χ1v) is 10.4. The zero-order valence-corrected chi connectivity index (χ0v) is 16.8. The van der Waals surface area contributed by atoms with Gasteiger partial charge in [0, 0.05) is 26.5 Å². The number of nitrogens with zero attached hydrogens (tertiary/aromatic N) is 1. The molecule has 2 fully saturated rings. The van der Waals surface area contributed by atoms with Gasteiger partial charge in [-0.15, -0.1) is 0 Å². The number of benzene rings is 1. The summed E-state index contributed by atoms with van der Waals surface area (Å²) in [4.78, 5) is 27.5. The molecule has 0 aromatic heterocycles. The number of nitrogens with one attached hydrogen (secondary N) is 1. The minimum absolute atomic E-state index is 0.0814. The fourth-order valence-corrected chi connectivity index (χ4v) is 4.25. The van der Waals surface area contributed by atoms with Crippen LogP contribution in [0.25, 0.3) is 0 Å². The monoisotopic (exact) mass is 388 g/mol. The highest BCUT2D eigenvalue weighted by molar-refractivity contribution is 5.88. The van der Waals surface area contributed by atoms with Crippen LogP contribution in [-0.2, 0) is 14.3 Å². The fraction of sp³-hybridized carbons (Fsp3) is 0.636. The normalized spacial score (nSPS) is 22.8. The van der Waals surface area contributed by atoms with Gasteiger partial charge in [0.15, 0.2) is 0 Å². The number of likely N-dealkylation sites (tertiary alicyclic amines) is 1. The van der Waals surface area contributed by atoms with Crippen LogP contribution in [0.1, 0.15) is 44.9 Å². The Morgan fingerprint density at radius 3 is 2.61 bits per heavy atom. The Kier molecular flexibility index (Phi) is 7.71. The molecule has 1 N–H and O–H groups in total. The Hall–Kier alpha value is -2.08. The fourth-order valence-electron chi connectivity index (χ4n) is 4.25. The Balaban J connectivity index is 1.63. The number of rotatable bonds is 8. The number of carbonyl (C=O) groups is 2. The minimum Gasteiger partial charge on any atom is -0.488 e. The number of carbonyl (C=O) groups excluding carboxylic acids is 2. The SMILES string of the molecule is COCCNC(=O)[C@@H]1C[C@H](Oc2ccccc2)CN1C(=O)CC1CCCCC1. The first-order chi connectivity index (χ1) is 13.7. The van der Waals surface area contributed by atoms with Crippen LogP contribution in [0.3, 0.4) is 0 Å². The molecule has 2 atom stereocenters. The number of hydrogen-bond acceptors (Lipinski definition) is 4. The van der Waals surface area contributed by atoms with Gasteiger partial charge in [0.2, 0.25) is 11.8 Å². The van der Waals surface area contributed by atoms with E-state index in [0.29, 0.717) is 38.5 Å². The van der Waals surface area contributed by atoms with E-state index in [4.69, 9.17) is 9.47 Å². The highest BCUT2D eigenvalue weighted by Gasteiger charge is 2.41. The average Bonchev–Trinajstić information content (AvgIpc) is 3.14. The van der Waals surface area contributed by atoms with E-state index in [2.05, 4.69) is 5.32 Å². The van der Waals surface area contributed by atoms with Crippen LogP contribution in [0, 0.1) is 5.92 Å². The van der Waals surface area contributed by atoms with Gasteiger partial charge in [-0.2, -0.15) is 0 Å². The molecule has 1 heterocycles. The lowest BCUT2D eigenvalue weighted by atomic mass is 9.86. The minimum atomic E-state index is -0.471. The molecule has 0 spiro atoms. The van der Waals surface area contributed by atoms with E-state index in [0.717, 1.165) is 18.6 Å². The van der Waals surface area contributed by atoms with Gasteiger partial charge in [-0.25, -0.2) is 0 Å². The summed E-state index contributed by atoms with van der Waals surface area (Å²) in [5.41, 5.74) is 0. The summed E-state index contributed by atoms with van der Waals surface area (Å²) in [5.74, 6) is 1.19. The van der Waals surface area contributed by atoms with Crippen molar-refractivity contribution in [2.45, 2.75) is 57.1 Å². The molecule has 1 aromatic carbocycles. The van der Waals surface area contributed by atoms with Crippen molar-refractivity contribution in [3.05, 3.63) is 30.3 Å². The van der Waals surface area contributed by atoms with E-state index in [1.165, 1.54) is 19.3 Å². The zero-order valence-electron chi connectivity index (χ0n) is 16.8. The first-order valence-electron chi connectivity index (χ1n) is 10.4. The average molecular weight is 389 g/mol. The van der Waals surface area contributed by atoms with Crippen molar-refractivity contribution < 1.29 is 19.1 Å². The lowest BCUT2D eigenvalue weighted by molar-refractivity contribution is -0.139. The zero-order chi connectivity index (χ0) is 19.8. The van der Waals surface area contributed by atoms with E-state index in [1.807, 2.05) is 30.3 Å². The summed E-state index contributed by atoms with van der Waals surface area (Å²) in [6.45, 7) is 1.36. The summed E-state index contributed by atoms with van der Waals surface area (Å²) < 4.78 is 11.1. The van der Waals surface area contributed by atoms with E-state index in [9.17, 15) is 9.59 Å². The van der Waals surface area contributed by atoms with Gasteiger partial charge < -0.3 is 19.7 Å². The summed E-state index contributed by atoms with van der Waals surface area (Å²) in [5, 5.41) is 2.89. The molecule has 1 saturated carbocycles. The standard InChI is InChI=1S/C22H32N2O4/c1-27-13-12-23-22(26)20-15-19(28-18-10-6-3-7-11-18)16-24(20)21(25)14-17-8-4-2-5-9-17/h3,6-7,10-11,17,19-20H,2,4-5,8-9,12-16H2,1H3,(H,23,26)/t19-,20-/m0/s1. The molecule has 0 radical (unpaired) electrons. The van der Waals surface area contributed by atoms with Gasteiger partial charge in [-0.1, -0.05) is 37.5 Å². The molecule has 2 aliphatic rings. The molecule has 1 saturated heterocycles. The van der Waals surface area contributed by atoms with Crippen molar-refractivity contribution in [3.63, 3.8) is 0 Å². The predicted molar refractivity (Wildman–Crippen MR) is 107 cm³/mol. The van der Waals surface area contributed by atoms with Crippen LogP contribution in [-0.4, -0.2) is 55.7 Å². The largest absolute Gasteiger partial charge is 0.488 e. The van der Waals surface area contributed by atoms with Crippen LogP contribution in [0.15, 0.2) is 30.3 Å². The molecule has 6 nitrogen and oxygen atoms in total. The smallest absolute Gasteiger partial charge is 0.243 e. The molecule has 1 aliphatic heterocycles. The van der Waals surface area contributed by atoms with Crippen molar-refractivity contribution in [2.24, 2.45) is 5.92 Å². The van der Waals surface area contributed by atoms with Crippen LogP contribution in [0.4, 0.5) is 0 Å². The quantitative estimate of drug-likeness (QED) is 0.696. The number of amides is 2. The van der Waals surface area contributed by atoms with Crippen LogP contribution in [0.2, 0.25) is 0 Å². The lowest BCUT2D eigenvalue weighted by Crippen LogP contribution is -2.47. The predicted octanol–water partition coefficient (Wildman–Crippen LogP) is 2.77. The summed E-state index contributed by atoms with van der Waals surface area (Å²) in [7, 11) is 1.60. The van der Waals surface area contributed by atoms with Crippen LogP contribution < -0.4 is 10.1 Å². The lowest BCUT2D eigenvalue weighted by Gasteiger charge is -2.27. The second-order valence-electron chi connectivity index (χ2n) is 7.84. The molecule has 1 aliphatic carbocycles. The Morgan fingerprint density at radius 1 is 1.14 bits per heavy atom. The van der Waals surface area contributed by atoms with Crippen LogP contribution >= 0.6 is 0 Å². The summed E-state index contributed by atoms with van der Waals surface area (Å²) in [6.07, 6.45) is 6.81. The second-order valence-corrected chi connectivity index (χ2v) is 7.84. The maximum Gasteiger partial charge on any atom is 0.243 e. The Labute approximate surface area is 167 Å². The van der Waals surface area contributed by atoms with Gasteiger partial charge in [0.1, 0.15) is 17.9 Å². The number of ether oxygens (including phenoxy) is 2. The molecule has 154 valence electrons. The number of para-hydroxylation sites is 1. The highest BCUT2D eigenvalue weighted by atomic mass is 16.5. The van der Waals surface area contributed by atoms with Gasteiger partial charge in [-0.3, -0.25) is 9.59 Å². The third-order valence-corrected chi connectivity index (χ3v) is 5.73. The Morgan fingerprint density at radius 2 is 1.89 bits per heavy atom. The highest BCUT2D eigenvalue weighted by Crippen LogP contribution is 2.29. The van der Waals surface area contributed by atoms with Gasteiger partial charge in [0.05, 0.1) is 13.2 Å². The molecule has 0 bridgehead atoms. The van der Waals surface area contributed by atoms with Gasteiger partial charge in [-0.05, 0) is 30.9 Å². The third-order valence-electron chi connectivity index (χ3n) is 5.73. The molecule has 1 aromatic rings. The molecular weight excluding hydrogens is 356 g/mol. The Bertz CT molecular complexity index is 631.